The highest BCUT2D eigenvalue weighted by molar-refractivity contribution is 6.35. The first-order valence-electron chi connectivity index (χ1n) is 12.3. The molecule has 0 atom stereocenters. The zero-order valence-electron chi connectivity index (χ0n) is 22.7. The van der Waals surface area contributed by atoms with Gasteiger partial charge in [0.1, 0.15) is 5.75 Å². The van der Waals surface area contributed by atoms with Crippen molar-refractivity contribution in [3.63, 3.8) is 0 Å². The minimum Gasteiger partial charge on any atom is -0.493 e. The van der Waals surface area contributed by atoms with Crippen LogP contribution in [0.3, 0.4) is 0 Å². The molecule has 0 saturated carbocycles. The number of nitrogens with zero attached hydrogens (tertiary/aromatic N) is 1. The van der Waals surface area contributed by atoms with Crippen molar-refractivity contribution < 1.29 is 28.6 Å². The van der Waals surface area contributed by atoms with E-state index in [-0.39, 0.29) is 19.1 Å². The van der Waals surface area contributed by atoms with Gasteiger partial charge in [0.15, 0.2) is 18.1 Å². The van der Waals surface area contributed by atoms with Gasteiger partial charge in [-0.2, -0.15) is 5.10 Å². The quantitative estimate of drug-likeness (QED) is 0.184. The van der Waals surface area contributed by atoms with Crippen LogP contribution in [0.5, 0.6) is 17.2 Å². The second kappa shape index (κ2) is 14.5. The number of aryl methyl sites for hydroxylation is 2. The van der Waals surface area contributed by atoms with Crippen LogP contribution in [0.1, 0.15) is 22.3 Å². The molecular formula is C29H31ClN4O6. The van der Waals surface area contributed by atoms with E-state index in [1.165, 1.54) is 13.3 Å². The van der Waals surface area contributed by atoms with Crippen LogP contribution < -0.4 is 30.3 Å². The van der Waals surface area contributed by atoms with Gasteiger partial charge in [-0.1, -0.05) is 35.4 Å². The lowest BCUT2D eigenvalue weighted by molar-refractivity contribution is -0.139. The molecular weight excluding hydrogens is 536 g/mol. The first kappa shape index (κ1) is 30.0. The number of hydrazone groups is 1. The number of carbonyl (C=O) groups excluding carboxylic acids is 3. The Morgan fingerprint density at radius 2 is 1.65 bits per heavy atom. The summed E-state index contributed by atoms with van der Waals surface area (Å²) in [5, 5.41) is 9.58. The summed E-state index contributed by atoms with van der Waals surface area (Å²) in [6.45, 7) is 3.85. The number of benzene rings is 3. The van der Waals surface area contributed by atoms with E-state index in [1.54, 1.807) is 37.4 Å². The summed E-state index contributed by atoms with van der Waals surface area (Å²) in [6, 6.07) is 15.8. The van der Waals surface area contributed by atoms with Crippen molar-refractivity contribution in [1.29, 1.82) is 0 Å². The van der Waals surface area contributed by atoms with Crippen LogP contribution in [0.4, 0.5) is 5.69 Å². The minimum atomic E-state index is -0.944. The summed E-state index contributed by atoms with van der Waals surface area (Å²) in [5.41, 5.74) is 6.20. The molecule has 0 aliphatic carbocycles. The number of carbonyl (C=O) groups is 3. The van der Waals surface area contributed by atoms with E-state index in [4.69, 9.17) is 25.8 Å². The molecule has 0 heterocycles. The molecule has 3 amide bonds. The molecule has 11 heteroatoms. The SMILES string of the molecule is COc1ccc(CCNC(=O)C(=O)N/N=C\c2cc(Cl)ccc2OCC(=O)Nc2ccc(C)cc2C)cc1OC. The molecule has 0 radical (unpaired) electrons. The third-order valence-electron chi connectivity index (χ3n) is 5.71. The van der Waals surface area contributed by atoms with Crippen LogP contribution in [-0.4, -0.2) is 51.3 Å². The molecule has 3 N–H and O–H groups in total. The van der Waals surface area contributed by atoms with Crippen molar-refractivity contribution >= 4 is 41.2 Å². The standard InChI is InChI=1S/C29H31ClN4O6/c1-18-5-8-23(19(2)13-18)33-27(35)17-40-24-10-7-22(30)15-21(24)16-32-34-29(37)28(36)31-12-11-20-6-9-25(38-3)26(14-20)39-4/h5-10,13-16H,11-12,17H2,1-4H3,(H,31,36)(H,33,35)(H,34,37)/b32-16-. The molecule has 0 fully saturated rings. The summed E-state index contributed by atoms with van der Waals surface area (Å²) >= 11 is 6.09. The van der Waals surface area contributed by atoms with E-state index in [2.05, 4.69) is 21.2 Å². The topological polar surface area (TPSA) is 127 Å². The summed E-state index contributed by atoms with van der Waals surface area (Å²) in [4.78, 5) is 36.7. The Balaban J connectivity index is 1.50. The fraction of sp³-hybridized carbons (Fsp3) is 0.241. The Kier molecular flexibility index (Phi) is 10.9. The predicted molar refractivity (Wildman–Crippen MR) is 153 cm³/mol. The number of nitrogens with one attached hydrogen (secondary N) is 3. The normalized spacial score (nSPS) is 10.6. The van der Waals surface area contributed by atoms with Crippen molar-refractivity contribution in [1.82, 2.24) is 10.7 Å². The lowest BCUT2D eigenvalue weighted by Gasteiger charge is -2.12. The van der Waals surface area contributed by atoms with Crippen LogP contribution in [0.2, 0.25) is 5.02 Å². The molecule has 10 nitrogen and oxygen atoms in total. The van der Waals surface area contributed by atoms with Gasteiger partial charge in [-0.3, -0.25) is 14.4 Å². The molecule has 0 aliphatic rings. The fourth-order valence-corrected chi connectivity index (χ4v) is 3.86. The third-order valence-corrected chi connectivity index (χ3v) is 5.94. The maximum Gasteiger partial charge on any atom is 0.329 e. The fourth-order valence-electron chi connectivity index (χ4n) is 3.68. The summed E-state index contributed by atoms with van der Waals surface area (Å²) in [6.07, 6.45) is 1.75. The van der Waals surface area contributed by atoms with E-state index in [0.29, 0.717) is 39.9 Å². The number of hydrogen-bond acceptors (Lipinski definition) is 7. The van der Waals surface area contributed by atoms with Crippen molar-refractivity contribution in [2.75, 3.05) is 32.7 Å². The highest BCUT2D eigenvalue weighted by Crippen LogP contribution is 2.27. The largest absolute Gasteiger partial charge is 0.493 e. The zero-order chi connectivity index (χ0) is 29.1. The van der Waals surface area contributed by atoms with Crippen molar-refractivity contribution in [3.8, 4) is 17.2 Å². The van der Waals surface area contributed by atoms with E-state index >= 15 is 0 Å². The molecule has 0 bridgehead atoms. The lowest BCUT2D eigenvalue weighted by atomic mass is 10.1. The Labute approximate surface area is 237 Å². The number of ether oxygens (including phenoxy) is 3. The molecule has 3 aromatic rings. The van der Waals surface area contributed by atoms with Gasteiger partial charge >= 0.3 is 11.8 Å². The maximum absolute atomic E-state index is 12.4. The molecule has 0 aromatic heterocycles. The number of anilines is 1. The average molecular weight is 567 g/mol. The average Bonchev–Trinajstić information content (AvgIpc) is 2.93. The smallest absolute Gasteiger partial charge is 0.329 e. The Hall–Kier alpha value is -4.57. The Morgan fingerprint density at radius 3 is 2.38 bits per heavy atom. The highest BCUT2D eigenvalue weighted by atomic mass is 35.5. The van der Waals surface area contributed by atoms with Gasteiger partial charge in [0.25, 0.3) is 5.91 Å². The van der Waals surface area contributed by atoms with E-state index in [0.717, 1.165) is 16.7 Å². The van der Waals surface area contributed by atoms with Crippen LogP contribution in [0, 0.1) is 13.8 Å². The summed E-state index contributed by atoms with van der Waals surface area (Å²) < 4.78 is 16.1. The van der Waals surface area contributed by atoms with Gasteiger partial charge in [-0.05, 0) is 67.8 Å². The Morgan fingerprint density at radius 1 is 0.900 bits per heavy atom. The lowest BCUT2D eigenvalue weighted by Crippen LogP contribution is -2.38. The Bertz CT molecular complexity index is 1410. The minimum absolute atomic E-state index is 0.224. The number of methoxy groups -OCH3 is 2. The van der Waals surface area contributed by atoms with Crippen molar-refractivity contribution in [2.45, 2.75) is 20.3 Å². The number of hydrogen-bond donors (Lipinski definition) is 3. The summed E-state index contributed by atoms with van der Waals surface area (Å²) in [7, 11) is 3.09. The van der Waals surface area contributed by atoms with Gasteiger partial charge in [-0.25, -0.2) is 5.43 Å². The highest BCUT2D eigenvalue weighted by Gasteiger charge is 2.13. The van der Waals surface area contributed by atoms with Crippen LogP contribution in [0.15, 0.2) is 59.7 Å². The monoisotopic (exact) mass is 566 g/mol. The first-order chi connectivity index (χ1) is 19.2. The second-order valence-corrected chi connectivity index (χ2v) is 9.17. The molecule has 0 aliphatic heterocycles. The van der Waals surface area contributed by atoms with Crippen LogP contribution in [0.25, 0.3) is 0 Å². The second-order valence-electron chi connectivity index (χ2n) is 8.73. The van der Waals surface area contributed by atoms with Gasteiger partial charge in [0, 0.05) is 22.8 Å². The van der Waals surface area contributed by atoms with Gasteiger partial charge in [0.2, 0.25) is 0 Å². The molecule has 40 heavy (non-hydrogen) atoms. The van der Waals surface area contributed by atoms with Crippen LogP contribution in [-0.2, 0) is 20.8 Å². The summed E-state index contributed by atoms with van der Waals surface area (Å²) in [5.74, 6) is -0.643. The van der Waals surface area contributed by atoms with Gasteiger partial charge < -0.3 is 24.8 Å². The predicted octanol–water partition coefficient (Wildman–Crippen LogP) is 3.80. The molecule has 3 aromatic carbocycles. The molecule has 0 spiro atoms. The molecule has 0 saturated heterocycles. The van der Waals surface area contributed by atoms with E-state index in [9.17, 15) is 14.4 Å². The number of amides is 3. The maximum atomic E-state index is 12.4. The first-order valence-corrected chi connectivity index (χ1v) is 12.7. The van der Waals surface area contributed by atoms with Crippen molar-refractivity contribution in [3.05, 3.63) is 81.9 Å². The van der Waals surface area contributed by atoms with E-state index in [1.807, 2.05) is 38.1 Å². The molecule has 0 unspecified atom stereocenters. The third kappa shape index (κ3) is 8.74. The molecule has 3 rings (SSSR count). The molecule has 210 valence electrons. The van der Waals surface area contributed by atoms with Gasteiger partial charge in [0.05, 0.1) is 20.4 Å². The van der Waals surface area contributed by atoms with Crippen molar-refractivity contribution in [2.24, 2.45) is 5.10 Å². The van der Waals surface area contributed by atoms with E-state index < -0.39 is 11.8 Å². The zero-order valence-corrected chi connectivity index (χ0v) is 23.4. The number of halogens is 1. The number of rotatable bonds is 11. The van der Waals surface area contributed by atoms with Crippen LogP contribution >= 0.6 is 11.6 Å². The van der Waals surface area contributed by atoms with Gasteiger partial charge in [-0.15, -0.1) is 0 Å².